The smallest absolute Gasteiger partial charge is 0.250 e. The minimum atomic E-state index is -0.511. The van der Waals surface area contributed by atoms with Crippen molar-refractivity contribution in [2.24, 2.45) is 17.4 Å². The quantitative estimate of drug-likeness (QED) is 0.644. The van der Waals surface area contributed by atoms with E-state index < -0.39 is 5.91 Å². The summed E-state index contributed by atoms with van der Waals surface area (Å²) in [5.74, 6) is 0.979. The number of rotatable bonds is 8. The average Bonchev–Trinajstić information content (AvgIpc) is 2.70. The van der Waals surface area contributed by atoms with Crippen molar-refractivity contribution in [1.82, 2.24) is 4.98 Å². The van der Waals surface area contributed by atoms with Gasteiger partial charge in [-0.2, -0.15) is 0 Å². The molecule has 0 aliphatic rings. The summed E-state index contributed by atoms with van der Waals surface area (Å²) in [7, 11) is 0. The molecule has 0 spiro atoms. The van der Waals surface area contributed by atoms with E-state index in [1.165, 1.54) is 17.3 Å². The molecule has 0 bridgehead atoms. The van der Waals surface area contributed by atoms with Gasteiger partial charge in [-0.1, -0.05) is 42.5 Å². The van der Waals surface area contributed by atoms with E-state index in [4.69, 9.17) is 16.2 Å². The second kappa shape index (κ2) is 8.96. The molecular formula is C22H23N3O2. The summed E-state index contributed by atoms with van der Waals surface area (Å²) in [6.45, 7) is 0.642. The number of aromatic nitrogens is 1. The number of carbonyl (C=O) groups excluding carboxylic acids is 1. The number of nitrogens with zero attached hydrogens (tertiary/aromatic N) is 1. The van der Waals surface area contributed by atoms with Crippen LogP contribution in [-0.4, -0.2) is 17.4 Å². The largest absolute Gasteiger partial charge is 0.439 e. The summed E-state index contributed by atoms with van der Waals surface area (Å²) in [4.78, 5) is 15.2. The first-order valence-electron chi connectivity index (χ1n) is 8.90. The molecule has 1 heterocycles. The number of benzene rings is 2. The Morgan fingerprint density at radius 1 is 0.926 bits per heavy atom. The van der Waals surface area contributed by atoms with Gasteiger partial charge < -0.3 is 16.2 Å². The molecule has 0 radical (unpaired) electrons. The van der Waals surface area contributed by atoms with Crippen LogP contribution in [0, 0.1) is 5.92 Å². The van der Waals surface area contributed by atoms with Crippen molar-refractivity contribution in [3.8, 4) is 11.6 Å². The van der Waals surface area contributed by atoms with Gasteiger partial charge in [0, 0.05) is 12.3 Å². The molecule has 0 fully saturated rings. The predicted molar refractivity (Wildman–Crippen MR) is 106 cm³/mol. The molecule has 0 saturated heterocycles. The van der Waals surface area contributed by atoms with E-state index in [1.54, 1.807) is 12.1 Å². The number of hydrogen-bond donors (Lipinski definition) is 2. The number of carbonyl (C=O) groups is 1. The summed E-state index contributed by atoms with van der Waals surface area (Å²) in [5.41, 5.74) is 14.0. The Morgan fingerprint density at radius 2 is 1.59 bits per heavy atom. The van der Waals surface area contributed by atoms with E-state index in [1.807, 2.05) is 30.3 Å². The van der Waals surface area contributed by atoms with E-state index >= 15 is 0 Å². The first kappa shape index (κ1) is 18.6. The van der Waals surface area contributed by atoms with Crippen molar-refractivity contribution in [2.75, 3.05) is 6.54 Å². The minimum absolute atomic E-state index is 0.351. The molecule has 2 aromatic carbocycles. The van der Waals surface area contributed by atoms with Gasteiger partial charge in [-0.25, -0.2) is 4.98 Å². The monoisotopic (exact) mass is 361 g/mol. The van der Waals surface area contributed by atoms with Crippen LogP contribution in [0.2, 0.25) is 0 Å². The molecule has 3 rings (SSSR count). The average molecular weight is 361 g/mol. The highest BCUT2D eigenvalue weighted by Crippen LogP contribution is 2.21. The zero-order valence-corrected chi connectivity index (χ0v) is 15.0. The molecule has 1 unspecified atom stereocenters. The number of nitrogens with two attached hydrogens (primary N) is 2. The molecule has 3 aromatic rings. The molecule has 1 atom stereocenters. The number of hydrogen-bond acceptors (Lipinski definition) is 4. The third kappa shape index (κ3) is 5.39. The van der Waals surface area contributed by atoms with Crippen molar-refractivity contribution in [1.29, 1.82) is 0 Å². The highest BCUT2D eigenvalue weighted by atomic mass is 16.5. The van der Waals surface area contributed by atoms with Crippen LogP contribution >= 0.6 is 0 Å². The van der Waals surface area contributed by atoms with E-state index in [9.17, 15) is 4.79 Å². The first-order chi connectivity index (χ1) is 13.1. The Morgan fingerprint density at radius 3 is 2.15 bits per heavy atom. The van der Waals surface area contributed by atoms with Crippen LogP contribution in [0.25, 0.3) is 0 Å². The van der Waals surface area contributed by atoms with E-state index in [0.29, 0.717) is 29.7 Å². The Kier molecular flexibility index (Phi) is 6.18. The van der Waals surface area contributed by atoms with Gasteiger partial charge in [0.2, 0.25) is 11.8 Å². The van der Waals surface area contributed by atoms with Crippen LogP contribution in [0.3, 0.4) is 0 Å². The van der Waals surface area contributed by atoms with Gasteiger partial charge in [-0.3, -0.25) is 4.79 Å². The third-order valence-corrected chi connectivity index (χ3v) is 4.39. The Hall–Kier alpha value is -3.18. The molecule has 27 heavy (non-hydrogen) atoms. The molecule has 0 saturated carbocycles. The van der Waals surface area contributed by atoms with Gasteiger partial charge in [-0.05, 0) is 54.6 Å². The fourth-order valence-corrected chi connectivity index (χ4v) is 2.92. The normalized spacial score (nSPS) is 11.7. The summed E-state index contributed by atoms with van der Waals surface area (Å²) < 4.78 is 5.71. The van der Waals surface area contributed by atoms with Crippen molar-refractivity contribution >= 4 is 5.91 Å². The van der Waals surface area contributed by atoms with Gasteiger partial charge >= 0.3 is 0 Å². The third-order valence-electron chi connectivity index (χ3n) is 4.39. The van der Waals surface area contributed by atoms with Crippen LogP contribution in [0.4, 0.5) is 0 Å². The van der Waals surface area contributed by atoms with E-state index in [0.717, 1.165) is 12.8 Å². The zero-order valence-electron chi connectivity index (χ0n) is 15.0. The van der Waals surface area contributed by atoms with E-state index in [2.05, 4.69) is 29.2 Å². The second-order valence-electron chi connectivity index (χ2n) is 6.49. The summed E-state index contributed by atoms with van der Waals surface area (Å²) >= 11 is 0. The Balaban J connectivity index is 1.59. The van der Waals surface area contributed by atoms with Gasteiger partial charge in [-0.15, -0.1) is 0 Å². The molecule has 0 aliphatic heterocycles. The first-order valence-corrected chi connectivity index (χ1v) is 8.90. The van der Waals surface area contributed by atoms with Gasteiger partial charge in [0.1, 0.15) is 5.75 Å². The lowest BCUT2D eigenvalue weighted by atomic mass is 9.93. The van der Waals surface area contributed by atoms with Crippen molar-refractivity contribution in [2.45, 2.75) is 12.8 Å². The number of amides is 1. The maximum atomic E-state index is 11.1. The van der Waals surface area contributed by atoms with Crippen molar-refractivity contribution < 1.29 is 9.53 Å². The fourth-order valence-electron chi connectivity index (χ4n) is 2.92. The second-order valence-corrected chi connectivity index (χ2v) is 6.49. The number of primary amides is 1. The molecule has 4 N–H and O–H groups in total. The molecular weight excluding hydrogens is 338 g/mol. The Labute approximate surface area is 159 Å². The topological polar surface area (TPSA) is 91.2 Å². The van der Waals surface area contributed by atoms with Crippen LogP contribution in [0.1, 0.15) is 21.5 Å². The molecule has 5 nitrogen and oxygen atoms in total. The van der Waals surface area contributed by atoms with Crippen LogP contribution < -0.4 is 16.2 Å². The molecule has 1 amide bonds. The van der Waals surface area contributed by atoms with Crippen molar-refractivity contribution in [3.05, 3.63) is 89.6 Å². The lowest BCUT2D eigenvalue weighted by Crippen LogP contribution is -2.19. The van der Waals surface area contributed by atoms with Crippen LogP contribution in [0.15, 0.2) is 72.9 Å². The Bertz CT molecular complexity index is 862. The van der Waals surface area contributed by atoms with Gasteiger partial charge in [0.15, 0.2) is 0 Å². The minimum Gasteiger partial charge on any atom is -0.439 e. The maximum Gasteiger partial charge on any atom is 0.250 e. The number of pyridine rings is 1. The fraction of sp³-hybridized carbons (Fsp3) is 0.182. The lowest BCUT2D eigenvalue weighted by Gasteiger charge is -2.15. The molecule has 5 heteroatoms. The summed E-state index contributed by atoms with van der Waals surface area (Å²) in [6, 6.07) is 21.5. The van der Waals surface area contributed by atoms with E-state index in [-0.39, 0.29) is 0 Å². The van der Waals surface area contributed by atoms with Crippen LogP contribution in [0.5, 0.6) is 11.6 Å². The number of ether oxygens (including phenoxy) is 1. The maximum absolute atomic E-state index is 11.1. The molecule has 0 aliphatic carbocycles. The predicted octanol–water partition coefficient (Wildman–Crippen LogP) is 3.33. The van der Waals surface area contributed by atoms with Gasteiger partial charge in [0.05, 0.1) is 5.56 Å². The van der Waals surface area contributed by atoms with Gasteiger partial charge in [0.25, 0.3) is 0 Å². The standard InChI is InChI=1S/C22H23N3O2/c23-14-18(12-16-4-2-1-3-5-16)13-17-6-9-20(10-7-17)27-21-11-8-19(15-25-21)22(24)26/h1-11,15,18H,12-14,23H2,(H2,24,26). The zero-order chi connectivity index (χ0) is 19.1. The van der Waals surface area contributed by atoms with Crippen LogP contribution in [-0.2, 0) is 12.8 Å². The highest BCUT2D eigenvalue weighted by Gasteiger charge is 2.10. The highest BCUT2D eigenvalue weighted by molar-refractivity contribution is 5.92. The molecule has 1 aromatic heterocycles. The van der Waals surface area contributed by atoms with Crippen molar-refractivity contribution in [3.63, 3.8) is 0 Å². The summed E-state index contributed by atoms with van der Waals surface area (Å²) in [6.07, 6.45) is 3.28. The summed E-state index contributed by atoms with van der Waals surface area (Å²) in [5, 5.41) is 0. The lowest BCUT2D eigenvalue weighted by molar-refractivity contribution is 0.1000. The SMILES string of the molecule is NCC(Cc1ccccc1)Cc1ccc(Oc2ccc(C(N)=O)cn2)cc1. The molecule has 138 valence electrons.